The van der Waals surface area contributed by atoms with Crippen LogP contribution in [-0.4, -0.2) is 28.8 Å². The normalized spacial score (nSPS) is 11.6. The molecule has 16 heavy (non-hydrogen) atoms. The number of carbonyl (C=O) groups excluding carboxylic acids is 2. The summed E-state index contributed by atoms with van der Waals surface area (Å²) in [5.74, 6) is -2.84. The van der Waals surface area contributed by atoms with E-state index in [9.17, 15) is 14.4 Å². The van der Waals surface area contributed by atoms with Crippen molar-refractivity contribution in [3.63, 3.8) is 0 Å². The number of aliphatic carboxylic acids is 1. The Hall–Kier alpha value is -2.17. The van der Waals surface area contributed by atoms with Gasteiger partial charge in [-0.3, -0.25) is 14.4 Å². The highest BCUT2D eigenvalue weighted by atomic mass is 16.4. The summed E-state index contributed by atoms with van der Waals surface area (Å²) < 4.78 is 0. The standard InChI is InChI=1S/C11H11NO4/c1-7(11(15)16)12-10(14)9(13)8-5-3-2-4-6-8/h2-7H,1H3,(H,12,14)(H,15,16)/t7-/m0/s1. The van der Waals surface area contributed by atoms with Crippen LogP contribution in [-0.2, 0) is 9.59 Å². The van der Waals surface area contributed by atoms with Crippen molar-refractivity contribution < 1.29 is 19.5 Å². The van der Waals surface area contributed by atoms with Crippen LogP contribution in [0.15, 0.2) is 30.3 Å². The van der Waals surface area contributed by atoms with E-state index in [2.05, 4.69) is 5.32 Å². The van der Waals surface area contributed by atoms with Gasteiger partial charge in [0, 0.05) is 5.56 Å². The third-order valence-electron chi connectivity index (χ3n) is 1.96. The molecule has 0 radical (unpaired) electrons. The Bertz CT molecular complexity index is 413. The largest absolute Gasteiger partial charge is 0.480 e. The Labute approximate surface area is 92.1 Å². The molecule has 2 N–H and O–H groups in total. The number of benzene rings is 1. The Morgan fingerprint density at radius 2 is 1.75 bits per heavy atom. The predicted octanol–water partition coefficient (Wildman–Crippen LogP) is 0.459. The lowest BCUT2D eigenvalue weighted by Crippen LogP contribution is -2.42. The maximum atomic E-state index is 11.5. The summed E-state index contributed by atoms with van der Waals surface area (Å²) in [5.41, 5.74) is 0.234. The molecule has 5 nitrogen and oxygen atoms in total. The molecule has 0 aliphatic rings. The number of hydrogen-bond donors (Lipinski definition) is 2. The summed E-state index contributed by atoms with van der Waals surface area (Å²) in [4.78, 5) is 33.3. The summed E-state index contributed by atoms with van der Waals surface area (Å²) in [7, 11) is 0. The van der Waals surface area contributed by atoms with Crippen LogP contribution >= 0.6 is 0 Å². The molecule has 0 aliphatic carbocycles. The summed E-state index contributed by atoms with van der Waals surface area (Å²) >= 11 is 0. The lowest BCUT2D eigenvalue weighted by Gasteiger charge is -2.07. The number of ketones is 1. The van der Waals surface area contributed by atoms with Crippen LogP contribution in [0.25, 0.3) is 0 Å². The fourth-order valence-corrected chi connectivity index (χ4v) is 1.04. The van der Waals surface area contributed by atoms with Crippen molar-refractivity contribution >= 4 is 17.7 Å². The number of Topliss-reactive ketones (excluding diaryl/α,β-unsaturated/α-hetero) is 1. The first-order valence-electron chi connectivity index (χ1n) is 4.65. The first kappa shape index (κ1) is 11.9. The summed E-state index contributed by atoms with van der Waals surface area (Å²) in [5, 5.41) is 10.6. The van der Waals surface area contributed by atoms with Gasteiger partial charge in [-0.2, -0.15) is 0 Å². The molecule has 0 saturated carbocycles. The number of hydrogen-bond acceptors (Lipinski definition) is 3. The van der Waals surface area contributed by atoms with Gasteiger partial charge in [-0.15, -0.1) is 0 Å². The van der Waals surface area contributed by atoms with Crippen LogP contribution in [0.2, 0.25) is 0 Å². The van der Waals surface area contributed by atoms with Crippen LogP contribution in [0.4, 0.5) is 0 Å². The number of carboxylic acids is 1. The van der Waals surface area contributed by atoms with Crippen LogP contribution in [0.3, 0.4) is 0 Å². The molecule has 0 unspecified atom stereocenters. The van der Waals surface area contributed by atoms with Gasteiger partial charge in [0.15, 0.2) is 0 Å². The zero-order valence-electron chi connectivity index (χ0n) is 8.64. The number of nitrogens with one attached hydrogen (secondary N) is 1. The van der Waals surface area contributed by atoms with E-state index in [-0.39, 0.29) is 5.56 Å². The highest BCUT2D eigenvalue weighted by Gasteiger charge is 2.20. The van der Waals surface area contributed by atoms with E-state index in [1.54, 1.807) is 18.2 Å². The van der Waals surface area contributed by atoms with Gasteiger partial charge in [0.05, 0.1) is 0 Å². The predicted molar refractivity (Wildman–Crippen MR) is 56.0 cm³/mol. The second-order valence-electron chi connectivity index (χ2n) is 3.23. The molecule has 0 heterocycles. The molecule has 84 valence electrons. The lowest BCUT2D eigenvalue weighted by molar-refractivity contribution is -0.140. The Morgan fingerprint density at radius 3 is 2.25 bits per heavy atom. The maximum Gasteiger partial charge on any atom is 0.325 e. The molecule has 0 saturated heterocycles. The average molecular weight is 221 g/mol. The minimum Gasteiger partial charge on any atom is -0.480 e. The van der Waals surface area contributed by atoms with E-state index in [0.29, 0.717) is 0 Å². The molecule has 0 spiro atoms. The van der Waals surface area contributed by atoms with E-state index in [1.165, 1.54) is 19.1 Å². The Balaban J connectivity index is 2.69. The van der Waals surface area contributed by atoms with Crippen molar-refractivity contribution in [2.45, 2.75) is 13.0 Å². The highest BCUT2D eigenvalue weighted by molar-refractivity contribution is 6.43. The van der Waals surface area contributed by atoms with E-state index >= 15 is 0 Å². The van der Waals surface area contributed by atoms with E-state index in [0.717, 1.165) is 0 Å². The molecule has 1 rings (SSSR count). The second kappa shape index (κ2) is 5.06. The van der Waals surface area contributed by atoms with E-state index in [1.807, 2.05) is 0 Å². The van der Waals surface area contributed by atoms with E-state index < -0.39 is 23.7 Å². The van der Waals surface area contributed by atoms with Crippen LogP contribution in [0.1, 0.15) is 17.3 Å². The first-order chi connectivity index (χ1) is 7.52. The van der Waals surface area contributed by atoms with Crippen LogP contribution in [0.5, 0.6) is 0 Å². The third kappa shape index (κ3) is 2.91. The molecule has 1 amide bonds. The molecule has 0 aliphatic heterocycles. The van der Waals surface area contributed by atoms with Crippen LogP contribution in [0, 0.1) is 0 Å². The SMILES string of the molecule is C[C@H](NC(=O)C(=O)c1ccccc1)C(=O)O. The zero-order chi connectivity index (χ0) is 12.1. The average Bonchev–Trinajstić information content (AvgIpc) is 2.28. The molecule has 0 aromatic heterocycles. The molecule has 0 bridgehead atoms. The quantitative estimate of drug-likeness (QED) is 0.571. The van der Waals surface area contributed by atoms with Crippen molar-refractivity contribution in [1.29, 1.82) is 0 Å². The highest BCUT2D eigenvalue weighted by Crippen LogP contribution is 2.00. The Morgan fingerprint density at radius 1 is 1.19 bits per heavy atom. The molecule has 1 aromatic carbocycles. The van der Waals surface area contributed by atoms with Gasteiger partial charge in [-0.25, -0.2) is 0 Å². The topological polar surface area (TPSA) is 83.5 Å². The molecule has 5 heteroatoms. The fourth-order valence-electron chi connectivity index (χ4n) is 1.04. The molecule has 0 fully saturated rings. The molecular formula is C11H11NO4. The molecule has 1 aromatic rings. The fraction of sp³-hybridized carbons (Fsp3) is 0.182. The minimum atomic E-state index is -1.19. The van der Waals surface area contributed by atoms with Crippen molar-refractivity contribution in [3.05, 3.63) is 35.9 Å². The Kier molecular flexibility index (Phi) is 3.77. The first-order valence-corrected chi connectivity index (χ1v) is 4.65. The van der Waals surface area contributed by atoms with Gasteiger partial charge in [-0.05, 0) is 6.92 Å². The second-order valence-corrected chi connectivity index (χ2v) is 3.23. The smallest absolute Gasteiger partial charge is 0.325 e. The van der Waals surface area contributed by atoms with E-state index in [4.69, 9.17) is 5.11 Å². The van der Waals surface area contributed by atoms with Crippen molar-refractivity contribution in [2.24, 2.45) is 0 Å². The molecule has 1 atom stereocenters. The van der Waals surface area contributed by atoms with Gasteiger partial charge in [0.1, 0.15) is 6.04 Å². The number of amides is 1. The lowest BCUT2D eigenvalue weighted by atomic mass is 10.1. The van der Waals surface area contributed by atoms with Crippen molar-refractivity contribution in [1.82, 2.24) is 5.32 Å². The zero-order valence-corrected chi connectivity index (χ0v) is 8.64. The summed E-state index contributed by atoms with van der Waals surface area (Å²) in [6, 6.07) is 6.87. The summed E-state index contributed by atoms with van der Waals surface area (Å²) in [6.07, 6.45) is 0. The maximum absolute atomic E-state index is 11.5. The van der Waals surface area contributed by atoms with Gasteiger partial charge >= 0.3 is 5.97 Å². The van der Waals surface area contributed by atoms with Gasteiger partial charge in [0.25, 0.3) is 5.91 Å². The number of carboxylic acid groups (broad SMARTS) is 1. The van der Waals surface area contributed by atoms with Crippen LogP contribution < -0.4 is 5.32 Å². The monoisotopic (exact) mass is 221 g/mol. The number of carbonyl (C=O) groups is 3. The van der Waals surface area contributed by atoms with Crippen molar-refractivity contribution in [3.8, 4) is 0 Å². The van der Waals surface area contributed by atoms with Crippen molar-refractivity contribution in [2.75, 3.05) is 0 Å². The molecular weight excluding hydrogens is 210 g/mol. The number of rotatable bonds is 4. The minimum absolute atomic E-state index is 0.234. The van der Waals surface area contributed by atoms with Gasteiger partial charge < -0.3 is 10.4 Å². The summed E-state index contributed by atoms with van der Waals surface area (Å²) in [6.45, 7) is 1.29. The third-order valence-corrected chi connectivity index (χ3v) is 1.96. The van der Waals surface area contributed by atoms with Gasteiger partial charge in [-0.1, -0.05) is 30.3 Å². The van der Waals surface area contributed by atoms with Gasteiger partial charge in [0.2, 0.25) is 5.78 Å².